The zero-order valence-corrected chi connectivity index (χ0v) is 19.4. The Labute approximate surface area is 176 Å². The summed E-state index contributed by atoms with van der Waals surface area (Å²) >= 11 is 0. The molecule has 0 aromatic heterocycles. The molecule has 1 amide bonds. The van der Waals surface area contributed by atoms with Crippen LogP contribution in [0.3, 0.4) is 0 Å². The molecule has 1 aromatic rings. The van der Waals surface area contributed by atoms with Crippen LogP contribution in [-0.2, 0) is 6.42 Å². The molecule has 0 saturated heterocycles. The summed E-state index contributed by atoms with van der Waals surface area (Å²) in [6.07, 6.45) is 1.90. The number of nitrogens with one attached hydrogen (secondary N) is 2. The Hall–Kier alpha value is -1.31. The molecular formula is C20H35IN4O. The van der Waals surface area contributed by atoms with Gasteiger partial charge in [-0.15, -0.1) is 24.0 Å². The van der Waals surface area contributed by atoms with Crippen LogP contribution in [0.2, 0.25) is 0 Å². The molecule has 148 valence electrons. The Balaban J connectivity index is 0.00000625. The number of carbonyl (C=O) groups is 1. The number of hydrogen-bond donors (Lipinski definition) is 2. The number of hydrogen-bond acceptors (Lipinski definition) is 2. The Morgan fingerprint density at radius 2 is 1.88 bits per heavy atom. The molecule has 0 atom stereocenters. The molecule has 26 heavy (non-hydrogen) atoms. The Kier molecular flexibility index (Phi) is 11.5. The number of benzene rings is 1. The minimum absolute atomic E-state index is 0. The maximum atomic E-state index is 12.0. The maximum absolute atomic E-state index is 12.0. The lowest BCUT2D eigenvalue weighted by Gasteiger charge is -2.17. The second-order valence-corrected chi connectivity index (χ2v) is 7.65. The zero-order valence-electron chi connectivity index (χ0n) is 17.1. The van der Waals surface area contributed by atoms with Gasteiger partial charge in [-0.05, 0) is 42.9 Å². The molecule has 5 nitrogen and oxygen atoms in total. The highest BCUT2D eigenvalue weighted by Crippen LogP contribution is 2.17. The Bertz CT molecular complexity index is 579. The van der Waals surface area contributed by atoms with Gasteiger partial charge in [-0.3, -0.25) is 9.79 Å². The van der Waals surface area contributed by atoms with E-state index in [1.165, 1.54) is 0 Å². The second-order valence-electron chi connectivity index (χ2n) is 7.65. The van der Waals surface area contributed by atoms with Gasteiger partial charge in [0.2, 0.25) is 0 Å². The van der Waals surface area contributed by atoms with E-state index in [9.17, 15) is 4.79 Å². The average Bonchev–Trinajstić information content (AvgIpc) is 2.53. The van der Waals surface area contributed by atoms with E-state index in [2.05, 4.69) is 49.4 Å². The predicted molar refractivity (Wildman–Crippen MR) is 122 cm³/mol. The monoisotopic (exact) mass is 474 g/mol. The van der Waals surface area contributed by atoms with Gasteiger partial charge in [0.1, 0.15) is 0 Å². The Morgan fingerprint density at radius 3 is 2.46 bits per heavy atom. The van der Waals surface area contributed by atoms with E-state index in [4.69, 9.17) is 0 Å². The molecule has 0 aliphatic carbocycles. The van der Waals surface area contributed by atoms with Crippen LogP contribution in [-0.4, -0.2) is 50.5 Å². The SMILES string of the molecule is CCNC(=NCCC(C)(C)C)NCCc1cccc(C(=O)N(C)C)c1.I. The van der Waals surface area contributed by atoms with Crippen molar-refractivity contribution in [1.82, 2.24) is 15.5 Å². The molecule has 0 radical (unpaired) electrons. The summed E-state index contributed by atoms with van der Waals surface area (Å²) in [6, 6.07) is 7.82. The largest absolute Gasteiger partial charge is 0.357 e. The lowest BCUT2D eigenvalue weighted by molar-refractivity contribution is 0.0827. The molecule has 1 rings (SSSR count). The minimum atomic E-state index is 0. The first-order valence-corrected chi connectivity index (χ1v) is 9.05. The number of halogens is 1. The number of amides is 1. The first-order valence-electron chi connectivity index (χ1n) is 9.05. The minimum Gasteiger partial charge on any atom is -0.357 e. The van der Waals surface area contributed by atoms with Crippen molar-refractivity contribution < 1.29 is 4.79 Å². The third kappa shape index (κ3) is 9.99. The highest BCUT2D eigenvalue weighted by atomic mass is 127. The van der Waals surface area contributed by atoms with Gasteiger partial charge in [0, 0.05) is 39.3 Å². The van der Waals surface area contributed by atoms with E-state index < -0.39 is 0 Å². The van der Waals surface area contributed by atoms with E-state index in [-0.39, 0.29) is 29.9 Å². The van der Waals surface area contributed by atoms with Crippen LogP contribution in [0.25, 0.3) is 0 Å². The van der Waals surface area contributed by atoms with E-state index >= 15 is 0 Å². The van der Waals surface area contributed by atoms with Crippen LogP contribution in [0, 0.1) is 5.41 Å². The molecule has 0 bridgehead atoms. The van der Waals surface area contributed by atoms with E-state index in [1.54, 1.807) is 19.0 Å². The van der Waals surface area contributed by atoms with E-state index in [0.717, 1.165) is 49.6 Å². The fourth-order valence-electron chi connectivity index (χ4n) is 2.29. The van der Waals surface area contributed by atoms with Crippen LogP contribution >= 0.6 is 24.0 Å². The average molecular weight is 474 g/mol. The van der Waals surface area contributed by atoms with Gasteiger partial charge in [0.05, 0.1) is 0 Å². The lowest BCUT2D eigenvalue weighted by Crippen LogP contribution is -2.38. The molecule has 0 unspecified atom stereocenters. The lowest BCUT2D eigenvalue weighted by atomic mass is 9.93. The fraction of sp³-hybridized carbons (Fsp3) is 0.600. The number of rotatable bonds is 7. The van der Waals surface area contributed by atoms with Crippen molar-refractivity contribution in [3.8, 4) is 0 Å². The molecule has 0 aliphatic rings. The van der Waals surface area contributed by atoms with Crippen LogP contribution in [0.15, 0.2) is 29.3 Å². The summed E-state index contributed by atoms with van der Waals surface area (Å²) < 4.78 is 0. The van der Waals surface area contributed by atoms with Crippen LogP contribution in [0.1, 0.15) is 50.0 Å². The third-order valence-electron chi connectivity index (χ3n) is 3.76. The molecule has 0 fully saturated rings. The topological polar surface area (TPSA) is 56.7 Å². The number of carbonyl (C=O) groups excluding carboxylic acids is 1. The summed E-state index contributed by atoms with van der Waals surface area (Å²) in [5, 5.41) is 6.65. The molecule has 1 aromatic carbocycles. The number of nitrogens with zero attached hydrogens (tertiary/aromatic N) is 2. The molecule has 2 N–H and O–H groups in total. The van der Waals surface area contributed by atoms with Gasteiger partial charge in [0.15, 0.2) is 5.96 Å². The van der Waals surface area contributed by atoms with Crippen molar-refractivity contribution >= 4 is 35.8 Å². The molecule has 6 heteroatoms. The molecule has 0 heterocycles. The van der Waals surface area contributed by atoms with Crippen molar-refractivity contribution in [2.45, 2.75) is 40.5 Å². The van der Waals surface area contributed by atoms with Gasteiger partial charge in [-0.2, -0.15) is 0 Å². The van der Waals surface area contributed by atoms with E-state index in [0.29, 0.717) is 5.41 Å². The molecule has 0 saturated carbocycles. The number of guanidine groups is 1. The fourth-order valence-corrected chi connectivity index (χ4v) is 2.29. The van der Waals surface area contributed by atoms with Gasteiger partial charge in [-0.1, -0.05) is 32.9 Å². The van der Waals surface area contributed by atoms with Crippen molar-refractivity contribution in [3.05, 3.63) is 35.4 Å². The van der Waals surface area contributed by atoms with Crippen LogP contribution < -0.4 is 10.6 Å². The quantitative estimate of drug-likeness (QED) is 0.361. The predicted octanol–water partition coefficient (Wildman–Crippen LogP) is 3.54. The van der Waals surface area contributed by atoms with Gasteiger partial charge in [-0.25, -0.2) is 0 Å². The maximum Gasteiger partial charge on any atom is 0.253 e. The van der Waals surface area contributed by atoms with E-state index in [1.807, 2.05) is 18.2 Å². The van der Waals surface area contributed by atoms with Crippen LogP contribution in [0.5, 0.6) is 0 Å². The normalized spacial score (nSPS) is 11.5. The van der Waals surface area contributed by atoms with Crippen molar-refractivity contribution in [2.24, 2.45) is 10.4 Å². The number of aliphatic imine (C=N–C) groups is 1. The van der Waals surface area contributed by atoms with Gasteiger partial charge >= 0.3 is 0 Å². The highest BCUT2D eigenvalue weighted by molar-refractivity contribution is 14.0. The zero-order chi connectivity index (χ0) is 18.9. The summed E-state index contributed by atoms with van der Waals surface area (Å²) in [6.45, 7) is 11.2. The molecular weight excluding hydrogens is 439 g/mol. The summed E-state index contributed by atoms with van der Waals surface area (Å²) in [7, 11) is 3.54. The van der Waals surface area contributed by atoms with Crippen molar-refractivity contribution in [3.63, 3.8) is 0 Å². The Morgan fingerprint density at radius 1 is 1.19 bits per heavy atom. The first kappa shape index (κ1) is 24.7. The van der Waals surface area contributed by atoms with Gasteiger partial charge in [0.25, 0.3) is 5.91 Å². The smallest absolute Gasteiger partial charge is 0.253 e. The molecule has 0 spiro atoms. The summed E-state index contributed by atoms with van der Waals surface area (Å²) in [4.78, 5) is 18.3. The summed E-state index contributed by atoms with van der Waals surface area (Å²) in [5.41, 5.74) is 2.17. The standard InChI is InChI=1S/C20H34N4O.HI/c1-7-21-19(23-14-12-20(2,3)4)22-13-11-16-9-8-10-17(15-16)18(25)24(5)6;/h8-10,15H,7,11-14H2,1-6H3,(H2,21,22,23);1H. The van der Waals surface area contributed by atoms with Crippen LogP contribution in [0.4, 0.5) is 0 Å². The summed E-state index contributed by atoms with van der Waals surface area (Å²) in [5.74, 6) is 0.888. The van der Waals surface area contributed by atoms with Gasteiger partial charge < -0.3 is 15.5 Å². The molecule has 0 aliphatic heterocycles. The highest BCUT2D eigenvalue weighted by Gasteiger charge is 2.10. The van der Waals surface area contributed by atoms with Crippen molar-refractivity contribution in [1.29, 1.82) is 0 Å². The second kappa shape index (κ2) is 12.1. The third-order valence-corrected chi connectivity index (χ3v) is 3.76. The van der Waals surface area contributed by atoms with Crippen molar-refractivity contribution in [2.75, 3.05) is 33.7 Å². The first-order chi connectivity index (χ1) is 11.7.